The monoisotopic (exact) mass is 391 g/mol. The Hall–Kier alpha value is -1.59. The molecule has 0 unspecified atom stereocenters. The number of ether oxygens (including phenoxy) is 3. The van der Waals surface area contributed by atoms with E-state index in [9.17, 15) is 0 Å². The van der Waals surface area contributed by atoms with Crippen LogP contribution in [0.3, 0.4) is 0 Å². The SMILES string of the molecule is CC(C)[C@H]1COC(C(C)(C2=N[C@@H](C(C)(C)C)CO2)C2=N[C@@H](C(C)(C)C)CO2)=N1. The number of aliphatic imine (C=N–C) groups is 3. The summed E-state index contributed by atoms with van der Waals surface area (Å²) >= 11 is 0. The Morgan fingerprint density at radius 3 is 1.39 bits per heavy atom. The molecular weight excluding hydrogens is 354 g/mol. The van der Waals surface area contributed by atoms with E-state index in [-0.39, 0.29) is 29.0 Å². The predicted molar refractivity (Wildman–Crippen MR) is 113 cm³/mol. The van der Waals surface area contributed by atoms with Crippen LogP contribution in [0.15, 0.2) is 15.0 Å². The van der Waals surface area contributed by atoms with Gasteiger partial charge in [-0.15, -0.1) is 0 Å². The van der Waals surface area contributed by atoms with Crippen LogP contribution >= 0.6 is 0 Å². The fraction of sp³-hybridized carbons (Fsp3) is 0.864. The van der Waals surface area contributed by atoms with Crippen LogP contribution in [0.5, 0.6) is 0 Å². The van der Waals surface area contributed by atoms with Gasteiger partial charge in [0.05, 0.1) is 18.1 Å². The Labute approximate surface area is 169 Å². The van der Waals surface area contributed by atoms with Crippen LogP contribution in [0.25, 0.3) is 0 Å². The van der Waals surface area contributed by atoms with E-state index in [2.05, 4.69) is 55.4 Å². The lowest BCUT2D eigenvalue weighted by molar-refractivity contribution is 0.212. The van der Waals surface area contributed by atoms with Crippen molar-refractivity contribution >= 4 is 17.7 Å². The van der Waals surface area contributed by atoms with Gasteiger partial charge in [0, 0.05) is 0 Å². The lowest BCUT2D eigenvalue weighted by Crippen LogP contribution is -2.44. The minimum absolute atomic E-state index is 0.0216. The molecule has 3 rings (SSSR count). The first kappa shape index (κ1) is 21.1. The van der Waals surface area contributed by atoms with Crippen molar-refractivity contribution in [3.05, 3.63) is 0 Å². The Morgan fingerprint density at radius 2 is 1.07 bits per heavy atom. The van der Waals surface area contributed by atoms with Crippen molar-refractivity contribution in [2.75, 3.05) is 19.8 Å². The van der Waals surface area contributed by atoms with Gasteiger partial charge in [-0.05, 0) is 23.7 Å². The van der Waals surface area contributed by atoms with Gasteiger partial charge in [-0.2, -0.15) is 0 Å². The second kappa shape index (κ2) is 7.03. The largest absolute Gasteiger partial charge is 0.478 e. The van der Waals surface area contributed by atoms with Crippen LogP contribution in [-0.2, 0) is 14.2 Å². The molecule has 0 N–H and O–H groups in total. The summed E-state index contributed by atoms with van der Waals surface area (Å²) in [4.78, 5) is 14.8. The van der Waals surface area contributed by atoms with Gasteiger partial charge in [-0.1, -0.05) is 55.4 Å². The predicted octanol–water partition coefficient (Wildman–Crippen LogP) is 4.13. The van der Waals surface area contributed by atoms with Crippen molar-refractivity contribution in [1.82, 2.24) is 0 Å². The minimum Gasteiger partial charge on any atom is -0.478 e. The van der Waals surface area contributed by atoms with Crippen LogP contribution in [0, 0.1) is 22.2 Å². The highest BCUT2D eigenvalue weighted by atomic mass is 16.5. The molecule has 3 atom stereocenters. The minimum atomic E-state index is -0.816. The van der Waals surface area contributed by atoms with Crippen LogP contribution in [-0.4, -0.2) is 55.6 Å². The zero-order chi connectivity index (χ0) is 20.9. The Bertz CT molecular complexity index is 655. The van der Waals surface area contributed by atoms with E-state index >= 15 is 0 Å². The number of hydrogen-bond donors (Lipinski definition) is 0. The fourth-order valence-corrected chi connectivity index (χ4v) is 3.46. The first-order valence-electron chi connectivity index (χ1n) is 10.5. The van der Waals surface area contributed by atoms with Crippen molar-refractivity contribution in [2.45, 2.75) is 80.4 Å². The van der Waals surface area contributed by atoms with Gasteiger partial charge >= 0.3 is 0 Å². The summed E-state index contributed by atoms with van der Waals surface area (Å²) < 4.78 is 18.3. The highest BCUT2D eigenvalue weighted by Gasteiger charge is 2.53. The molecule has 158 valence electrons. The molecule has 0 saturated carbocycles. The molecule has 0 aromatic rings. The Balaban J connectivity index is 2.03. The lowest BCUT2D eigenvalue weighted by atomic mass is 9.86. The standard InChI is InChI=1S/C22H37N3O3/c1-13(2)14-10-26-17(23-14)22(9,18-24-15(11-27-18)20(3,4)5)19-25-16(12-28-19)21(6,7)8/h13-16H,10-12H2,1-9H3/t14-,15-,16-/m1/s1. The van der Waals surface area contributed by atoms with Gasteiger partial charge in [0.15, 0.2) is 5.41 Å². The molecule has 28 heavy (non-hydrogen) atoms. The molecule has 0 aliphatic carbocycles. The molecule has 3 heterocycles. The van der Waals surface area contributed by atoms with E-state index in [0.717, 1.165) is 0 Å². The molecule has 0 aromatic heterocycles. The lowest BCUT2D eigenvalue weighted by Gasteiger charge is -2.27. The molecule has 3 aliphatic heterocycles. The van der Waals surface area contributed by atoms with Crippen molar-refractivity contribution in [3.63, 3.8) is 0 Å². The van der Waals surface area contributed by atoms with E-state index < -0.39 is 5.41 Å². The van der Waals surface area contributed by atoms with E-state index in [1.165, 1.54) is 0 Å². The topological polar surface area (TPSA) is 64.8 Å². The Morgan fingerprint density at radius 1 is 0.679 bits per heavy atom. The van der Waals surface area contributed by atoms with Crippen molar-refractivity contribution in [1.29, 1.82) is 0 Å². The first-order valence-corrected chi connectivity index (χ1v) is 10.5. The molecule has 0 fully saturated rings. The van der Waals surface area contributed by atoms with Crippen LogP contribution in [0.1, 0.15) is 62.3 Å². The zero-order valence-corrected chi connectivity index (χ0v) is 19.0. The molecule has 0 aromatic carbocycles. The molecule has 0 amide bonds. The summed E-state index contributed by atoms with van der Waals surface area (Å²) in [6, 6.07) is 0.311. The fourth-order valence-electron chi connectivity index (χ4n) is 3.46. The van der Waals surface area contributed by atoms with Crippen molar-refractivity contribution in [2.24, 2.45) is 37.1 Å². The van der Waals surface area contributed by atoms with Crippen LogP contribution < -0.4 is 0 Å². The highest BCUT2D eigenvalue weighted by Crippen LogP contribution is 2.38. The molecule has 0 spiro atoms. The number of hydrogen-bond acceptors (Lipinski definition) is 6. The molecule has 3 aliphatic rings. The second-order valence-electron chi connectivity index (χ2n) is 10.9. The van der Waals surface area contributed by atoms with Gasteiger partial charge in [-0.3, -0.25) is 0 Å². The van der Waals surface area contributed by atoms with Gasteiger partial charge in [-0.25, -0.2) is 15.0 Å². The van der Waals surface area contributed by atoms with Gasteiger partial charge < -0.3 is 14.2 Å². The third-order valence-electron chi connectivity index (χ3n) is 6.03. The van der Waals surface area contributed by atoms with Crippen LogP contribution in [0.2, 0.25) is 0 Å². The molecule has 6 nitrogen and oxygen atoms in total. The molecule has 0 saturated heterocycles. The van der Waals surface area contributed by atoms with E-state index in [1.54, 1.807) is 0 Å². The third-order valence-corrected chi connectivity index (χ3v) is 6.03. The maximum Gasteiger partial charge on any atom is 0.209 e. The normalized spacial score (nSPS) is 28.5. The molecular formula is C22H37N3O3. The van der Waals surface area contributed by atoms with Crippen LogP contribution in [0.4, 0.5) is 0 Å². The number of rotatable bonds is 4. The maximum absolute atomic E-state index is 6.13. The highest BCUT2D eigenvalue weighted by molar-refractivity contribution is 6.23. The van der Waals surface area contributed by atoms with Crippen molar-refractivity contribution < 1.29 is 14.2 Å². The average Bonchev–Trinajstić information content (AvgIpc) is 3.31. The summed E-state index contributed by atoms with van der Waals surface area (Å²) in [7, 11) is 0. The first-order chi connectivity index (χ1) is 12.8. The van der Waals surface area contributed by atoms with E-state index in [1.807, 2.05) is 6.92 Å². The summed E-state index contributed by atoms with van der Waals surface area (Å²) in [6.07, 6.45) is 0. The maximum atomic E-state index is 6.13. The van der Waals surface area contributed by atoms with Gasteiger partial charge in [0.1, 0.15) is 19.8 Å². The number of nitrogens with zero attached hydrogens (tertiary/aromatic N) is 3. The van der Waals surface area contributed by atoms with Crippen molar-refractivity contribution in [3.8, 4) is 0 Å². The second-order valence-corrected chi connectivity index (χ2v) is 10.9. The van der Waals surface area contributed by atoms with Gasteiger partial charge in [0.25, 0.3) is 0 Å². The third kappa shape index (κ3) is 3.79. The average molecular weight is 392 g/mol. The smallest absolute Gasteiger partial charge is 0.209 e. The van der Waals surface area contributed by atoms with Gasteiger partial charge in [0.2, 0.25) is 17.7 Å². The zero-order valence-electron chi connectivity index (χ0n) is 19.0. The summed E-state index contributed by atoms with van der Waals surface area (Å²) in [5.41, 5.74) is -0.773. The van der Waals surface area contributed by atoms with E-state index in [4.69, 9.17) is 29.2 Å². The quantitative estimate of drug-likeness (QED) is 0.724. The Kier molecular flexibility index (Phi) is 5.30. The molecule has 0 radical (unpaired) electrons. The molecule has 0 bridgehead atoms. The van der Waals surface area contributed by atoms with E-state index in [0.29, 0.717) is 43.4 Å². The summed E-state index contributed by atoms with van der Waals surface area (Å²) in [5, 5.41) is 0. The molecule has 6 heteroatoms. The summed E-state index contributed by atoms with van der Waals surface area (Å²) in [5.74, 6) is 2.25. The summed E-state index contributed by atoms with van der Waals surface area (Å²) in [6.45, 7) is 21.2.